The molecule has 1 aliphatic carbocycles. The Balaban J connectivity index is 2.34. The van der Waals surface area contributed by atoms with Crippen LogP contribution >= 0.6 is 0 Å². The smallest absolute Gasteiger partial charge is 0.293 e. The number of benzene rings is 1. The normalized spacial score (nSPS) is 20.1. The molecule has 0 saturated heterocycles. The van der Waals surface area contributed by atoms with Crippen molar-refractivity contribution in [1.82, 2.24) is 0 Å². The third kappa shape index (κ3) is 1.91. The standard InChI is InChI=1S/C12H12F2O/c13-12(14)11(15)10-7-3-5-8-4-1-2-6-9(8)10/h1-2,4,6,10,12H,3,5,7H2. The molecule has 0 aliphatic heterocycles. The molecule has 80 valence electrons. The summed E-state index contributed by atoms with van der Waals surface area (Å²) < 4.78 is 24.7. The van der Waals surface area contributed by atoms with Gasteiger partial charge >= 0.3 is 0 Å². The van der Waals surface area contributed by atoms with Gasteiger partial charge in [-0.1, -0.05) is 24.3 Å². The van der Waals surface area contributed by atoms with Gasteiger partial charge in [-0.3, -0.25) is 4.79 Å². The number of carbonyl (C=O) groups is 1. The number of rotatable bonds is 2. The third-order valence-corrected chi connectivity index (χ3v) is 2.93. The molecular weight excluding hydrogens is 198 g/mol. The second-order valence-electron chi connectivity index (χ2n) is 3.85. The van der Waals surface area contributed by atoms with E-state index >= 15 is 0 Å². The van der Waals surface area contributed by atoms with Crippen LogP contribution in [-0.2, 0) is 11.2 Å². The lowest BCUT2D eigenvalue weighted by Gasteiger charge is -2.23. The third-order valence-electron chi connectivity index (χ3n) is 2.93. The lowest BCUT2D eigenvalue weighted by atomic mass is 9.80. The summed E-state index contributed by atoms with van der Waals surface area (Å²) in [6, 6.07) is 7.39. The number of hydrogen-bond acceptors (Lipinski definition) is 1. The van der Waals surface area contributed by atoms with Crippen molar-refractivity contribution in [2.45, 2.75) is 31.6 Å². The Morgan fingerprint density at radius 3 is 2.80 bits per heavy atom. The fourth-order valence-corrected chi connectivity index (χ4v) is 2.20. The van der Waals surface area contributed by atoms with Gasteiger partial charge in [-0.2, -0.15) is 0 Å². The molecule has 0 N–H and O–H groups in total. The van der Waals surface area contributed by atoms with Crippen molar-refractivity contribution in [3.05, 3.63) is 35.4 Å². The molecule has 1 aromatic rings. The monoisotopic (exact) mass is 210 g/mol. The van der Waals surface area contributed by atoms with Crippen LogP contribution in [0.5, 0.6) is 0 Å². The van der Waals surface area contributed by atoms with E-state index in [2.05, 4.69) is 0 Å². The second-order valence-corrected chi connectivity index (χ2v) is 3.85. The molecule has 3 heteroatoms. The van der Waals surface area contributed by atoms with Gasteiger partial charge in [0.05, 0.1) is 0 Å². The van der Waals surface area contributed by atoms with Crippen molar-refractivity contribution in [2.75, 3.05) is 0 Å². The number of carbonyl (C=O) groups excluding carboxylic acids is 1. The van der Waals surface area contributed by atoms with Crippen LogP contribution in [0.3, 0.4) is 0 Å². The topological polar surface area (TPSA) is 17.1 Å². The second kappa shape index (κ2) is 4.09. The summed E-state index contributed by atoms with van der Waals surface area (Å²) in [6.45, 7) is 0. The van der Waals surface area contributed by atoms with Crippen LogP contribution in [0.1, 0.15) is 29.9 Å². The van der Waals surface area contributed by atoms with Crippen LogP contribution in [0.4, 0.5) is 8.78 Å². The van der Waals surface area contributed by atoms with Crippen molar-refractivity contribution in [2.24, 2.45) is 0 Å². The molecule has 0 radical (unpaired) electrons. The fourth-order valence-electron chi connectivity index (χ4n) is 2.20. The van der Waals surface area contributed by atoms with Crippen LogP contribution in [0.2, 0.25) is 0 Å². The molecule has 2 rings (SSSR count). The van der Waals surface area contributed by atoms with Gasteiger partial charge < -0.3 is 0 Å². The van der Waals surface area contributed by atoms with Crippen LogP contribution < -0.4 is 0 Å². The van der Waals surface area contributed by atoms with Crippen molar-refractivity contribution in [3.63, 3.8) is 0 Å². The molecule has 1 nitrogen and oxygen atoms in total. The highest BCUT2D eigenvalue weighted by Crippen LogP contribution is 2.33. The summed E-state index contributed by atoms with van der Waals surface area (Å²) in [5.74, 6) is -1.52. The van der Waals surface area contributed by atoms with Gasteiger partial charge in [0, 0.05) is 5.92 Å². The van der Waals surface area contributed by atoms with Gasteiger partial charge in [0.15, 0.2) is 0 Å². The zero-order chi connectivity index (χ0) is 10.8. The lowest BCUT2D eigenvalue weighted by molar-refractivity contribution is -0.131. The summed E-state index contributed by atoms with van der Waals surface area (Å²) in [5, 5.41) is 0. The van der Waals surface area contributed by atoms with E-state index in [0.717, 1.165) is 24.0 Å². The zero-order valence-electron chi connectivity index (χ0n) is 8.25. The molecule has 0 amide bonds. The van der Waals surface area contributed by atoms with E-state index in [9.17, 15) is 13.6 Å². The van der Waals surface area contributed by atoms with Gasteiger partial charge in [-0.25, -0.2) is 8.78 Å². The first kappa shape index (κ1) is 10.3. The summed E-state index contributed by atoms with van der Waals surface area (Å²) in [7, 11) is 0. The van der Waals surface area contributed by atoms with Gasteiger partial charge in [-0.15, -0.1) is 0 Å². The van der Waals surface area contributed by atoms with Crippen LogP contribution in [0, 0.1) is 0 Å². The average molecular weight is 210 g/mol. The number of fused-ring (bicyclic) bond motifs is 1. The van der Waals surface area contributed by atoms with E-state index in [1.165, 1.54) is 0 Å². The minimum Gasteiger partial charge on any atom is -0.293 e. The first-order valence-electron chi connectivity index (χ1n) is 5.10. The Hall–Kier alpha value is -1.25. The molecule has 15 heavy (non-hydrogen) atoms. The maximum absolute atomic E-state index is 12.4. The van der Waals surface area contributed by atoms with E-state index in [-0.39, 0.29) is 0 Å². The van der Waals surface area contributed by atoms with E-state index < -0.39 is 18.1 Å². The Morgan fingerprint density at radius 1 is 1.33 bits per heavy atom. The van der Waals surface area contributed by atoms with Crippen molar-refractivity contribution >= 4 is 5.78 Å². The first-order valence-corrected chi connectivity index (χ1v) is 5.10. The van der Waals surface area contributed by atoms with Gasteiger partial charge in [0.2, 0.25) is 5.78 Å². The Bertz CT molecular complexity index is 374. The number of hydrogen-bond donors (Lipinski definition) is 0. The van der Waals surface area contributed by atoms with E-state index in [1.807, 2.05) is 12.1 Å². The molecule has 1 unspecified atom stereocenters. The molecular formula is C12H12F2O. The Kier molecular flexibility index (Phi) is 2.80. The minimum atomic E-state index is -2.85. The maximum atomic E-state index is 12.4. The van der Waals surface area contributed by atoms with Crippen molar-refractivity contribution in [3.8, 4) is 0 Å². The van der Waals surface area contributed by atoms with Crippen molar-refractivity contribution in [1.29, 1.82) is 0 Å². The summed E-state index contributed by atoms with van der Waals surface area (Å²) in [4.78, 5) is 11.3. The van der Waals surface area contributed by atoms with Crippen molar-refractivity contribution < 1.29 is 13.6 Å². The molecule has 0 heterocycles. The summed E-state index contributed by atoms with van der Waals surface area (Å²) in [6.07, 6.45) is -0.579. The number of halogens is 2. The molecule has 1 aliphatic rings. The van der Waals surface area contributed by atoms with E-state index in [0.29, 0.717) is 6.42 Å². The molecule has 0 fully saturated rings. The lowest BCUT2D eigenvalue weighted by Crippen LogP contribution is -2.23. The number of ketones is 1. The SMILES string of the molecule is O=C(C(F)F)C1CCCc2ccccc21. The Labute approximate surface area is 87.1 Å². The number of Topliss-reactive ketones (excluding diaryl/α,β-unsaturated/α-hetero) is 1. The number of aryl methyl sites for hydroxylation is 1. The maximum Gasteiger partial charge on any atom is 0.296 e. The van der Waals surface area contributed by atoms with Gasteiger partial charge in [0.25, 0.3) is 6.43 Å². The van der Waals surface area contributed by atoms with Gasteiger partial charge in [0.1, 0.15) is 0 Å². The summed E-state index contributed by atoms with van der Waals surface area (Å²) in [5.41, 5.74) is 1.84. The quantitative estimate of drug-likeness (QED) is 0.733. The van der Waals surface area contributed by atoms with E-state index in [4.69, 9.17) is 0 Å². The molecule has 1 aromatic carbocycles. The molecule has 1 atom stereocenters. The first-order chi connectivity index (χ1) is 7.20. The summed E-state index contributed by atoms with van der Waals surface area (Å²) >= 11 is 0. The highest BCUT2D eigenvalue weighted by atomic mass is 19.3. The molecule has 0 aromatic heterocycles. The minimum absolute atomic E-state index is 0.556. The van der Waals surface area contributed by atoms with Crippen LogP contribution in [-0.4, -0.2) is 12.2 Å². The zero-order valence-corrected chi connectivity index (χ0v) is 8.25. The molecule has 0 spiro atoms. The predicted octanol–water partition coefficient (Wildman–Crippen LogP) is 2.94. The van der Waals surface area contributed by atoms with Crippen LogP contribution in [0.25, 0.3) is 0 Å². The highest BCUT2D eigenvalue weighted by molar-refractivity contribution is 5.89. The number of alkyl halides is 2. The molecule has 0 saturated carbocycles. The van der Waals surface area contributed by atoms with Gasteiger partial charge in [-0.05, 0) is 30.4 Å². The van der Waals surface area contributed by atoms with E-state index in [1.54, 1.807) is 12.1 Å². The largest absolute Gasteiger partial charge is 0.296 e. The average Bonchev–Trinajstić information content (AvgIpc) is 2.27. The Morgan fingerprint density at radius 2 is 2.07 bits per heavy atom. The molecule has 0 bridgehead atoms. The van der Waals surface area contributed by atoms with Crippen LogP contribution in [0.15, 0.2) is 24.3 Å². The highest BCUT2D eigenvalue weighted by Gasteiger charge is 2.31. The predicted molar refractivity (Wildman–Crippen MR) is 53.1 cm³/mol. The fraction of sp³-hybridized carbons (Fsp3) is 0.417.